The molecular formula is C15H13BrN2O. The first kappa shape index (κ1) is 12.4. The number of carbonyl (C=O) groups excluding carboxylic acids is 1. The van der Waals surface area contributed by atoms with Gasteiger partial charge < -0.3 is 5.32 Å². The number of carbonyl (C=O) groups is 1. The topological polar surface area (TPSA) is 42.0 Å². The molecule has 1 aliphatic rings. The molecule has 0 saturated carbocycles. The van der Waals surface area contributed by atoms with Crippen LogP contribution in [-0.4, -0.2) is 10.9 Å². The van der Waals surface area contributed by atoms with Crippen molar-refractivity contribution >= 4 is 27.5 Å². The van der Waals surface area contributed by atoms with Crippen molar-refractivity contribution in [1.29, 1.82) is 0 Å². The maximum absolute atomic E-state index is 12.1. The van der Waals surface area contributed by atoms with E-state index in [0.717, 1.165) is 23.0 Å². The van der Waals surface area contributed by atoms with E-state index in [1.165, 1.54) is 17.5 Å². The van der Waals surface area contributed by atoms with Gasteiger partial charge in [0.25, 0.3) is 5.91 Å². The second-order valence-corrected chi connectivity index (χ2v) is 5.60. The number of benzene rings is 1. The number of halogens is 1. The molecule has 1 amide bonds. The molecule has 1 N–H and O–H groups in total. The number of anilines is 1. The molecule has 3 nitrogen and oxygen atoms in total. The summed E-state index contributed by atoms with van der Waals surface area (Å²) < 4.78 is 0.800. The zero-order valence-corrected chi connectivity index (χ0v) is 11.9. The number of aryl methyl sites for hydroxylation is 2. The van der Waals surface area contributed by atoms with Crippen molar-refractivity contribution in [2.24, 2.45) is 0 Å². The third-order valence-electron chi connectivity index (χ3n) is 3.32. The Bertz CT molecular complexity index is 640. The SMILES string of the molecule is O=C(Nc1ccc2c(c1)CCC2)c1cncc(Br)c1. The summed E-state index contributed by atoms with van der Waals surface area (Å²) in [5.74, 6) is -0.133. The van der Waals surface area contributed by atoms with Crippen LogP contribution < -0.4 is 5.32 Å². The Labute approximate surface area is 120 Å². The number of rotatable bonds is 2. The lowest BCUT2D eigenvalue weighted by Crippen LogP contribution is -2.12. The van der Waals surface area contributed by atoms with Crippen LogP contribution in [0.2, 0.25) is 0 Å². The molecule has 3 rings (SSSR count). The molecule has 4 heteroatoms. The molecule has 0 fully saturated rings. The van der Waals surface area contributed by atoms with E-state index in [0.29, 0.717) is 5.56 Å². The Balaban J connectivity index is 1.80. The number of aromatic nitrogens is 1. The molecule has 19 heavy (non-hydrogen) atoms. The highest BCUT2D eigenvalue weighted by atomic mass is 79.9. The Morgan fingerprint density at radius 2 is 2.00 bits per heavy atom. The van der Waals surface area contributed by atoms with Gasteiger partial charge in [-0.05, 0) is 64.5 Å². The molecule has 1 aromatic heterocycles. The summed E-state index contributed by atoms with van der Waals surface area (Å²) in [5.41, 5.74) is 4.16. The van der Waals surface area contributed by atoms with Gasteiger partial charge in [-0.1, -0.05) is 6.07 Å². The smallest absolute Gasteiger partial charge is 0.257 e. The van der Waals surface area contributed by atoms with Gasteiger partial charge in [0.2, 0.25) is 0 Å². The van der Waals surface area contributed by atoms with E-state index in [2.05, 4.69) is 38.4 Å². The van der Waals surface area contributed by atoms with Crippen LogP contribution in [0.5, 0.6) is 0 Å². The summed E-state index contributed by atoms with van der Waals surface area (Å²) in [7, 11) is 0. The first-order valence-corrected chi connectivity index (χ1v) is 7.05. The molecule has 0 aliphatic heterocycles. The lowest BCUT2D eigenvalue weighted by molar-refractivity contribution is 0.102. The average molecular weight is 317 g/mol. The molecule has 1 aromatic carbocycles. The fraction of sp³-hybridized carbons (Fsp3) is 0.200. The number of amides is 1. The fourth-order valence-electron chi connectivity index (χ4n) is 2.39. The van der Waals surface area contributed by atoms with E-state index in [1.807, 2.05) is 6.07 Å². The summed E-state index contributed by atoms with van der Waals surface area (Å²) >= 11 is 3.31. The highest BCUT2D eigenvalue weighted by molar-refractivity contribution is 9.10. The molecule has 0 saturated heterocycles. The second-order valence-electron chi connectivity index (χ2n) is 4.68. The molecule has 0 spiro atoms. The van der Waals surface area contributed by atoms with Gasteiger partial charge in [-0.3, -0.25) is 9.78 Å². The Morgan fingerprint density at radius 1 is 1.16 bits per heavy atom. The highest BCUT2D eigenvalue weighted by Crippen LogP contribution is 2.25. The minimum atomic E-state index is -0.133. The summed E-state index contributed by atoms with van der Waals surface area (Å²) in [5, 5.41) is 2.92. The van der Waals surface area contributed by atoms with E-state index < -0.39 is 0 Å². The first-order valence-electron chi connectivity index (χ1n) is 6.26. The summed E-state index contributed by atoms with van der Waals surface area (Å²) in [6.07, 6.45) is 6.69. The van der Waals surface area contributed by atoms with Gasteiger partial charge in [-0.15, -0.1) is 0 Å². The Hall–Kier alpha value is -1.68. The van der Waals surface area contributed by atoms with Crippen molar-refractivity contribution in [3.63, 3.8) is 0 Å². The van der Waals surface area contributed by atoms with Crippen LogP contribution in [-0.2, 0) is 12.8 Å². The van der Waals surface area contributed by atoms with Crippen molar-refractivity contribution in [1.82, 2.24) is 4.98 Å². The number of nitrogens with one attached hydrogen (secondary N) is 1. The van der Waals surface area contributed by atoms with E-state index in [4.69, 9.17) is 0 Å². The van der Waals surface area contributed by atoms with Crippen LogP contribution in [0.4, 0.5) is 5.69 Å². The van der Waals surface area contributed by atoms with Gasteiger partial charge in [0, 0.05) is 22.6 Å². The first-order chi connectivity index (χ1) is 9.22. The molecule has 1 heterocycles. The molecular weight excluding hydrogens is 304 g/mol. The summed E-state index contributed by atoms with van der Waals surface area (Å²) in [6, 6.07) is 7.91. The van der Waals surface area contributed by atoms with E-state index in [9.17, 15) is 4.79 Å². The minimum absolute atomic E-state index is 0.133. The van der Waals surface area contributed by atoms with Gasteiger partial charge in [-0.2, -0.15) is 0 Å². The quantitative estimate of drug-likeness (QED) is 0.920. The lowest BCUT2D eigenvalue weighted by Gasteiger charge is -2.07. The van der Waals surface area contributed by atoms with Crippen molar-refractivity contribution in [2.45, 2.75) is 19.3 Å². The van der Waals surface area contributed by atoms with E-state index in [-0.39, 0.29) is 5.91 Å². The van der Waals surface area contributed by atoms with Gasteiger partial charge in [-0.25, -0.2) is 0 Å². The van der Waals surface area contributed by atoms with Crippen LogP contribution in [0.3, 0.4) is 0 Å². The Morgan fingerprint density at radius 3 is 2.84 bits per heavy atom. The van der Waals surface area contributed by atoms with Crippen molar-refractivity contribution in [3.8, 4) is 0 Å². The highest BCUT2D eigenvalue weighted by Gasteiger charge is 2.12. The maximum atomic E-state index is 12.1. The molecule has 96 valence electrons. The van der Waals surface area contributed by atoms with Gasteiger partial charge in [0.15, 0.2) is 0 Å². The average Bonchev–Trinajstić information content (AvgIpc) is 2.86. The number of hydrogen-bond acceptors (Lipinski definition) is 2. The van der Waals surface area contributed by atoms with E-state index >= 15 is 0 Å². The lowest BCUT2D eigenvalue weighted by atomic mass is 10.1. The van der Waals surface area contributed by atoms with Crippen molar-refractivity contribution < 1.29 is 4.79 Å². The standard InChI is InChI=1S/C15H13BrN2O/c16-13-6-12(8-17-9-13)15(19)18-14-5-4-10-2-1-3-11(10)7-14/h4-9H,1-3H2,(H,18,19). The number of fused-ring (bicyclic) bond motifs is 1. The van der Waals surface area contributed by atoms with Crippen LogP contribution in [0.15, 0.2) is 41.1 Å². The predicted molar refractivity (Wildman–Crippen MR) is 78.4 cm³/mol. The second kappa shape index (κ2) is 5.13. The molecule has 0 unspecified atom stereocenters. The monoisotopic (exact) mass is 316 g/mol. The number of pyridine rings is 1. The molecule has 0 bridgehead atoms. The molecule has 0 radical (unpaired) electrons. The molecule has 1 aliphatic carbocycles. The zero-order chi connectivity index (χ0) is 13.2. The largest absolute Gasteiger partial charge is 0.322 e. The third kappa shape index (κ3) is 2.68. The summed E-state index contributed by atoms with van der Waals surface area (Å²) in [4.78, 5) is 16.1. The molecule has 2 aromatic rings. The van der Waals surface area contributed by atoms with Crippen LogP contribution >= 0.6 is 15.9 Å². The van der Waals surface area contributed by atoms with Crippen LogP contribution in [0.25, 0.3) is 0 Å². The molecule has 0 atom stereocenters. The van der Waals surface area contributed by atoms with Crippen LogP contribution in [0.1, 0.15) is 27.9 Å². The number of hydrogen-bond donors (Lipinski definition) is 1. The summed E-state index contributed by atoms with van der Waals surface area (Å²) in [6.45, 7) is 0. The fourth-order valence-corrected chi connectivity index (χ4v) is 2.75. The van der Waals surface area contributed by atoms with E-state index in [1.54, 1.807) is 18.5 Å². The van der Waals surface area contributed by atoms with Crippen molar-refractivity contribution in [2.75, 3.05) is 5.32 Å². The normalized spacial score (nSPS) is 13.1. The maximum Gasteiger partial charge on any atom is 0.257 e. The predicted octanol–water partition coefficient (Wildman–Crippen LogP) is 3.59. The Kier molecular flexibility index (Phi) is 3.34. The number of nitrogens with zero attached hydrogens (tertiary/aromatic N) is 1. The van der Waals surface area contributed by atoms with Gasteiger partial charge in [0.05, 0.1) is 5.56 Å². The zero-order valence-electron chi connectivity index (χ0n) is 10.3. The van der Waals surface area contributed by atoms with Crippen molar-refractivity contribution in [3.05, 3.63) is 57.8 Å². The third-order valence-corrected chi connectivity index (χ3v) is 3.76. The van der Waals surface area contributed by atoms with Crippen LogP contribution in [0, 0.1) is 0 Å². The minimum Gasteiger partial charge on any atom is -0.322 e. The van der Waals surface area contributed by atoms with Gasteiger partial charge >= 0.3 is 0 Å². The van der Waals surface area contributed by atoms with Gasteiger partial charge in [0.1, 0.15) is 0 Å².